The van der Waals surface area contributed by atoms with Crippen LogP contribution in [-0.2, 0) is 16.0 Å². The molecule has 0 aliphatic heterocycles. The minimum absolute atomic E-state index is 0.286. The molecule has 0 aromatic heterocycles. The van der Waals surface area contributed by atoms with Crippen LogP contribution in [0, 0.1) is 5.41 Å². The van der Waals surface area contributed by atoms with Gasteiger partial charge in [-0.05, 0) is 44.0 Å². The highest BCUT2D eigenvalue weighted by molar-refractivity contribution is 9.10. The van der Waals surface area contributed by atoms with Gasteiger partial charge < -0.3 is 10.6 Å². The van der Waals surface area contributed by atoms with Crippen LogP contribution in [0.1, 0.15) is 19.4 Å². The van der Waals surface area contributed by atoms with Gasteiger partial charge in [0.25, 0.3) is 0 Å². The van der Waals surface area contributed by atoms with E-state index < -0.39 is 5.41 Å². The average Bonchev–Trinajstić information content (AvgIpc) is 2.55. The van der Waals surface area contributed by atoms with Gasteiger partial charge >= 0.3 is 0 Å². The van der Waals surface area contributed by atoms with Crippen LogP contribution < -0.4 is 10.6 Å². The Bertz CT molecular complexity index is 714. The minimum Gasteiger partial charge on any atom is -0.355 e. The molecule has 0 aliphatic rings. The van der Waals surface area contributed by atoms with Crippen molar-refractivity contribution in [1.82, 2.24) is 5.32 Å². The minimum atomic E-state index is -1.15. The number of rotatable bonds is 6. The number of nitrogens with one attached hydrogen (secondary N) is 2. The third-order valence-electron chi connectivity index (χ3n) is 3.76. The Labute approximate surface area is 150 Å². The SMILES string of the molecule is CC(C)(C(=O)NCCc1ccccc1)C(=O)Nc1cccc(Br)c1. The second-order valence-electron chi connectivity index (χ2n) is 6.08. The van der Waals surface area contributed by atoms with E-state index in [2.05, 4.69) is 26.6 Å². The molecule has 0 heterocycles. The summed E-state index contributed by atoms with van der Waals surface area (Å²) in [5, 5.41) is 5.62. The van der Waals surface area contributed by atoms with E-state index in [1.807, 2.05) is 42.5 Å². The fourth-order valence-corrected chi connectivity index (χ4v) is 2.54. The molecule has 2 aromatic carbocycles. The molecule has 0 unspecified atom stereocenters. The van der Waals surface area contributed by atoms with Crippen LogP contribution in [0.25, 0.3) is 0 Å². The van der Waals surface area contributed by atoms with Crippen LogP contribution in [-0.4, -0.2) is 18.4 Å². The summed E-state index contributed by atoms with van der Waals surface area (Å²) in [6, 6.07) is 17.2. The standard InChI is InChI=1S/C19H21BrN2O2/c1-19(2,18(24)22-16-10-6-9-15(20)13-16)17(23)21-12-11-14-7-4-3-5-8-14/h3-10,13H,11-12H2,1-2H3,(H,21,23)(H,22,24). The maximum Gasteiger partial charge on any atom is 0.239 e. The zero-order chi connectivity index (χ0) is 17.6. The van der Waals surface area contributed by atoms with E-state index in [0.29, 0.717) is 12.2 Å². The van der Waals surface area contributed by atoms with Gasteiger partial charge in [0.15, 0.2) is 0 Å². The first-order valence-corrected chi connectivity index (χ1v) is 8.58. The summed E-state index contributed by atoms with van der Waals surface area (Å²) in [5.74, 6) is -0.622. The molecule has 2 aromatic rings. The van der Waals surface area contributed by atoms with Crippen LogP contribution in [0.5, 0.6) is 0 Å². The Hall–Kier alpha value is -2.14. The molecule has 24 heavy (non-hydrogen) atoms. The van der Waals surface area contributed by atoms with E-state index >= 15 is 0 Å². The van der Waals surface area contributed by atoms with Gasteiger partial charge in [-0.3, -0.25) is 9.59 Å². The first-order chi connectivity index (χ1) is 11.4. The van der Waals surface area contributed by atoms with Crippen molar-refractivity contribution in [3.63, 3.8) is 0 Å². The highest BCUT2D eigenvalue weighted by atomic mass is 79.9. The highest BCUT2D eigenvalue weighted by Crippen LogP contribution is 2.21. The third-order valence-corrected chi connectivity index (χ3v) is 4.25. The Morgan fingerprint density at radius 2 is 1.71 bits per heavy atom. The topological polar surface area (TPSA) is 58.2 Å². The first kappa shape index (κ1) is 18.2. The zero-order valence-corrected chi connectivity index (χ0v) is 15.4. The Morgan fingerprint density at radius 1 is 1.00 bits per heavy atom. The number of hydrogen-bond donors (Lipinski definition) is 2. The van der Waals surface area contributed by atoms with Crippen LogP contribution in [0.3, 0.4) is 0 Å². The molecule has 0 fully saturated rings. The Kier molecular flexibility index (Phi) is 6.15. The summed E-state index contributed by atoms with van der Waals surface area (Å²) < 4.78 is 0.866. The van der Waals surface area contributed by atoms with Crippen LogP contribution >= 0.6 is 15.9 Å². The molecule has 0 spiro atoms. The van der Waals surface area contributed by atoms with Crippen LogP contribution in [0.15, 0.2) is 59.1 Å². The van der Waals surface area contributed by atoms with Crippen LogP contribution in [0.2, 0.25) is 0 Å². The van der Waals surface area contributed by atoms with Gasteiger partial charge in [0, 0.05) is 16.7 Å². The maximum absolute atomic E-state index is 12.4. The fraction of sp³-hybridized carbons (Fsp3) is 0.263. The summed E-state index contributed by atoms with van der Waals surface area (Å²) in [4.78, 5) is 24.8. The van der Waals surface area contributed by atoms with Crippen molar-refractivity contribution in [2.24, 2.45) is 5.41 Å². The lowest BCUT2D eigenvalue weighted by molar-refractivity contribution is -0.138. The van der Waals surface area contributed by atoms with E-state index in [1.54, 1.807) is 26.0 Å². The number of amides is 2. The summed E-state index contributed by atoms with van der Waals surface area (Å²) >= 11 is 3.36. The molecule has 0 bridgehead atoms. The summed E-state index contributed by atoms with van der Waals surface area (Å²) in [5.41, 5.74) is 0.646. The smallest absolute Gasteiger partial charge is 0.239 e. The van der Waals surface area contributed by atoms with Gasteiger partial charge in [-0.15, -0.1) is 0 Å². The van der Waals surface area contributed by atoms with E-state index in [4.69, 9.17) is 0 Å². The van der Waals surface area contributed by atoms with Gasteiger partial charge in [0.2, 0.25) is 11.8 Å². The fourth-order valence-electron chi connectivity index (χ4n) is 2.14. The first-order valence-electron chi connectivity index (χ1n) is 7.79. The molecule has 2 rings (SSSR count). The monoisotopic (exact) mass is 388 g/mol. The van der Waals surface area contributed by atoms with Crippen molar-refractivity contribution in [3.8, 4) is 0 Å². The lowest BCUT2D eigenvalue weighted by Crippen LogP contribution is -2.45. The average molecular weight is 389 g/mol. The number of halogens is 1. The molecule has 0 saturated heterocycles. The zero-order valence-electron chi connectivity index (χ0n) is 13.8. The number of carbonyl (C=O) groups is 2. The van der Waals surface area contributed by atoms with Gasteiger partial charge in [0.05, 0.1) is 0 Å². The lowest BCUT2D eigenvalue weighted by atomic mass is 9.91. The van der Waals surface area contributed by atoms with E-state index in [-0.39, 0.29) is 11.8 Å². The molecule has 0 atom stereocenters. The highest BCUT2D eigenvalue weighted by Gasteiger charge is 2.35. The van der Waals surface area contributed by atoms with Crippen molar-refractivity contribution >= 4 is 33.4 Å². The quantitative estimate of drug-likeness (QED) is 0.739. The molecule has 0 aliphatic carbocycles. The van der Waals surface area contributed by atoms with Crippen molar-refractivity contribution in [3.05, 3.63) is 64.6 Å². The largest absolute Gasteiger partial charge is 0.355 e. The molecular formula is C19H21BrN2O2. The van der Waals surface area contributed by atoms with Crippen molar-refractivity contribution in [2.45, 2.75) is 20.3 Å². The second kappa shape index (κ2) is 8.11. The van der Waals surface area contributed by atoms with Gasteiger partial charge in [-0.2, -0.15) is 0 Å². The summed E-state index contributed by atoms with van der Waals surface area (Å²) in [7, 11) is 0. The number of hydrogen-bond acceptors (Lipinski definition) is 2. The molecule has 126 valence electrons. The van der Waals surface area contributed by atoms with Gasteiger partial charge in [-0.1, -0.05) is 52.3 Å². The molecule has 5 heteroatoms. The molecule has 2 N–H and O–H groups in total. The van der Waals surface area contributed by atoms with Gasteiger partial charge in [-0.25, -0.2) is 0 Å². The maximum atomic E-state index is 12.4. The Balaban J connectivity index is 1.90. The van der Waals surface area contributed by atoms with Gasteiger partial charge in [0.1, 0.15) is 5.41 Å². The molecule has 0 saturated carbocycles. The summed E-state index contributed by atoms with van der Waals surface area (Å²) in [6.07, 6.45) is 0.732. The summed E-state index contributed by atoms with van der Waals surface area (Å²) in [6.45, 7) is 3.74. The predicted molar refractivity (Wildman–Crippen MR) is 99.7 cm³/mol. The second-order valence-corrected chi connectivity index (χ2v) is 7.00. The van der Waals surface area contributed by atoms with Crippen molar-refractivity contribution in [1.29, 1.82) is 0 Å². The molecular weight excluding hydrogens is 368 g/mol. The lowest BCUT2D eigenvalue weighted by Gasteiger charge is -2.22. The van der Waals surface area contributed by atoms with E-state index in [1.165, 1.54) is 0 Å². The third kappa shape index (κ3) is 4.93. The predicted octanol–water partition coefficient (Wildman–Crippen LogP) is 3.77. The molecule has 4 nitrogen and oxygen atoms in total. The Morgan fingerprint density at radius 3 is 2.38 bits per heavy atom. The molecule has 0 radical (unpaired) electrons. The van der Waals surface area contributed by atoms with E-state index in [9.17, 15) is 9.59 Å². The molecule has 2 amide bonds. The van der Waals surface area contributed by atoms with Crippen LogP contribution in [0.4, 0.5) is 5.69 Å². The number of benzene rings is 2. The van der Waals surface area contributed by atoms with Crippen molar-refractivity contribution in [2.75, 3.05) is 11.9 Å². The number of carbonyl (C=O) groups excluding carboxylic acids is 2. The van der Waals surface area contributed by atoms with E-state index in [0.717, 1.165) is 16.5 Å². The van der Waals surface area contributed by atoms with Crippen molar-refractivity contribution < 1.29 is 9.59 Å². The normalized spacial score (nSPS) is 11.0. The number of anilines is 1.